The average molecular weight is 595 g/mol. The van der Waals surface area contributed by atoms with Crippen LogP contribution >= 0.6 is 0 Å². The lowest BCUT2D eigenvalue weighted by Crippen LogP contribution is -2.34. The molecule has 0 spiro atoms. The monoisotopic (exact) mass is 594 g/mol. The van der Waals surface area contributed by atoms with Crippen LogP contribution in [0.1, 0.15) is 59.2 Å². The van der Waals surface area contributed by atoms with Gasteiger partial charge < -0.3 is 19.4 Å². The van der Waals surface area contributed by atoms with Crippen LogP contribution in [0, 0.1) is 30.4 Å². The van der Waals surface area contributed by atoms with Crippen molar-refractivity contribution in [1.29, 1.82) is 0 Å². The molecule has 8 nitrogen and oxygen atoms in total. The molecule has 1 amide bonds. The van der Waals surface area contributed by atoms with Crippen LogP contribution in [0.3, 0.4) is 0 Å². The van der Waals surface area contributed by atoms with Crippen molar-refractivity contribution in [2.24, 2.45) is 0 Å². The molecule has 3 aromatic heterocycles. The molecule has 0 bridgehead atoms. The Morgan fingerprint density at radius 2 is 1.89 bits per heavy atom. The van der Waals surface area contributed by atoms with Crippen molar-refractivity contribution < 1.29 is 13.6 Å². The summed E-state index contributed by atoms with van der Waals surface area (Å²) in [7, 11) is 2.15. The minimum Gasteiger partial charge on any atom is -0.341 e. The van der Waals surface area contributed by atoms with Crippen LogP contribution < -0.4 is 10.9 Å². The van der Waals surface area contributed by atoms with E-state index in [1.54, 1.807) is 13.0 Å². The minimum absolute atomic E-state index is 0.0268. The zero-order valence-corrected chi connectivity index (χ0v) is 24.8. The molecule has 1 aliphatic rings. The molecule has 0 saturated carbocycles. The Morgan fingerprint density at radius 1 is 1.09 bits per heavy atom. The lowest BCUT2D eigenvalue weighted by atomic mass is 10.0. The lowest BCUT2D eigenvalue weighted by molar-refractivity contribution is 0.0956. The predicted octanol–water partition coefficient (Wildman–Crippen LogP) is 4.99. The minimum atomic E-state index is -1.00. The van der Waals surface area contributed by atoms with Gasteiger partial charge in [0.25, 0.3) is 11.5 Å². The molecule has 1 atom stereocenters. The number of likely N-dealkylation sites (tertiary alicyclic amines) is 1. The van der Waals surface area contributed by atoms with Crippen LogP contribution in [0.5, 0.6) is 0 Å². The summed E-state index contributed by atoms with van der Waals surface area (Å²) in [5.41, 5.74) is 3.36. The van der Waals surface area contributed by atoms with E-state index in [0.29, 0.717) is 11.6 Å². The molecule has 4 heterocycles. The van der Waals surface area contributed by atoms with Gasteiger partial charge in [0.1, 0.15) is 16.9 Å². The van der Waals surface area contributed by atoms with Gasteiger partial charge >= 0.3 is 0 Å². The molecule has 10 heteroatoms. The smallest absolute Gasteiger partial charge is 0.263 e. The van der Waals surface area contributed by atoms with E-state index in [2.05, 4.69) is 38.7 Å². The summed E-state index contributed by atoms with van der Waals surface area (Å²) in [5.74, 6) is 4.53. The second kappa shape index (κ2) is 12.0. The summed E-state index contributed by atoms with van der Waals surface area (Å²) in [5, 5.41) is 3.68. The Labute approximate surface area is 253 Å². The SMILES string of the molecule is Cc1nc2cnc3ccc(C#CCNC(=O)c4cccn(C(C)c5ccc(F)c(F)c5)c4=O)cc3c2n1C1CCN(C)CC1. The number of hydrogen-bond acceptors (Lipinski definition) is 5. The molecule has 1 saturated heterocycles. The number of carbonyl (C=O) groups excluding carboxylic acids is 1. The van der Waals surface area contributed by atoms with Crippen molar-refractivity contribution in [2.75, 3.05) is 26.7 Å². The Kier molecular flexibility index (Phi) is 7.97. The number of halogens is 2. The van der Waals surface area contributed by atoms with Crippen molar-refractivity contribution >= 4 is 27.8 Å². The lowest BCUT2D eigenvalue weighted by Gasteiger charge is -2.31. The number of fused-ring (bicyclic) bond motifs is 3. The molecular weight excluding hydrogens is 562 g/mol. The van der Waals surface area contributed by atoms with E-state index in [1.807, 2.05) is 31.3 Å². The number of benzene rings is 2. The van der Waals surface area contributed by atoms with Crippen molar-refractivity contribution in [2.45, 2.75) is 38.8 Å². The molecule has 1 unspecified atom stereocenters. The van der Waals surface area contributed by atoms with Crippen molar-refractivity contribution in [1.82, 2.24) is 29.3 Å². The van der Waals surface area contributed by atoms with Crippen LogP contribution in [-0.2, 0) is 0 Å². The third-order valence-corrected chi connectivity index (χ3v) is 8.38. The van der Waals surface area contributed by atoms with E-state index in [0.717, 1.165) is 71.4 Å². The summed E-state index contributed by atoms with van der Waals surface area (Å²) in [4.78, 5) is 37.8. The summed E-state index contributed by atoms with van der Waals surface area (Å²) >= 11 is 0. The Bertz CT molecular complexity index is 2010. The molecule has 0 aliphatic carbocycles. The maximum absolute atomic E-state index is 13.8. The van der Waals surface area contributed by atoms with E-state index in [9.17, 15) is 18.4 Å². The van der Waals surface area contributed by atoms with Gasteiger partial charge in [-0.2, -0.15) is 0 Å². The molecule has 2 aromatic carbocycles. The van der Waals surface area contributed by atoms with Gasteiger partial charge in [0, 0.05) is 23.2 Å². The molecule has 6 rings (SSSR count). The number of hydrogen-bond donors (Lipinski definition) is 1. The van der Waals surface area contributed by atoms with Gasteiger partial charge in [0.15, 0.2) is 11.6 Å². The van der Waals surface area contributed by atoms with Gasteiger partial charge in [0.05, 0.1) is 29.8 Å². The highest BCUT2D eigenvalue weighted by Crippen LogP contribution is 2.32. The number of nitrogens with one attached hydrogen (secondary N) is 1. The van der Waals surface area contributed by atoms with Crippen molar-refractivity contribution in [3.8, 4) is 11.8 Å². The Hall–Kier alpha value is -4.88. The van der Waals surface area contributed by atoms with E-state index in [4.69, 9.17) is 4.98 Å². The molecule has 1 fully saturated rings. The summed E-state index contributed by atoms with van der Waals surface area (Å²) < 4.78 is 30.8. The van der Waals surface area contributed by atoms with E-state index in [-0.39, 0.29) is 12.1 Å². The number of imidazole rings is 1. The first-order valence-electron chi connectivity index (χ1n) is 14.6. The van der Waals surface area contributed by atoms with Gasteiger partial charge in [-0.25, -0.2) is 13.8 Å². The second-order valence-corrected chi connectivity index (χ2v) is 11.3. The standard InChI is InChI=1S/C34H32F2N6O2/c1-21(24-9-10-28(35)29(36)19-24)41-15-5-7-26(34(41)44)33(43)37-14-4-6-23-8-11-30-27(18-23)32-31(20-38-30)39-22(2)42(32)25-12-16-40(3)17-13-25/h5,7-11,15,18-21,25H,12-14,16-17H2,1-3H3,(H,37,43). The first kappa shape index (κ1) is 29.2. The highest BCUT2D eigenvalue weighted by atomic mass is 19.2. The number of nitrogens with zero attached hydrogens (tertiary/aromatic N) is 5. The predicted molar refractivity (Wildman–Crippen MR) is 166 cm³/mol. The maximum atomic E-state index is 13.8. The Morgan fingerprint density at radius 3 is 2.66 bits per heavy atom. The fourth-order valence-corrected chi connectivity index (χ4v) is 5.96. The third-order valence-electron chi connectivity index (χ3n) is 8.38. The van der Waals surface area contributed by atoms with Crippen LogP contribution in [-0.4, -0.2) is 56.6 Å². The van der Waals surface area contributed by atoms with Crippen molar-refractivity contribution in [3.05, 3.63) is 105 Å². The average Bonchev–Trinajstić information content (AvgIpc) is 3.37. The summed E-state index contributed by atoms with van der Waals surface area (Å²) in [6.07, 6.45) is 5.45. The number of aromatic nitrogens is 4. The van der Waals surface area contributed by atoms with Gasteiger partial charge in [0.2, 0.25) is 0 Å². The van der Waals surface area contributed by atoms with Crippen molar-refractivity contribution in [3.63, 3.8) is 0 Å². The quantitative estimate of drug-likeness (QED) is 0.290. The molecule has 224 valence electrons. The zero-order valence-electron chi connectivity index (χ0n) is 24.8. The fourth-order valence-electron chi connectivity index (χ4n) is 5.96. The topological polar surface area (TPSA) is 85.0 Å². The first-order valence-corrected chi connectivity index (χ1v) is 14.6. The van der Waals surface area contributed by atoms with Crippen LogP contribution in [0.15, 0.2) is 65.7 Å². The molecular formula is C34H32F2N6O2. The van der Waals surface area contributed by atoms with Crippen LogP contribution in [0.4, 0.5) is 8.78 Å². The van der Waals surface area contributed by atoms with E-state index >= 15 is 0 Å². The molecule has 5 aromatic rings. The zero-order chi connectivity index (χ0) is 31.0. The van der Waals surface area contributed by atoms with Gasteiger partial charge in [-0.05, 0) is 94.9 Å². The van der Waals surface area contributed by atoms with Gasteiger partial charge in [-0.15, -0.1) is 0 Å². The van der Waals surface area contributed by atoms with Gasteiger partial charge in [-0.1, -0.05) is 17.9 Å². The number of aryl methyl sites for hydroxylation is 1. The highest BCUT2D eigenvalue weighted by molar-refractivity contribution is 6.03. The third kappa shape index (κ3) is 5.58. The highest BCUT2D eigenvalue weighted by Gasteiger charge is 2.23. The Balaban J connectivity index is 1.20. The summed E-state index contributed by atoms with van der Waals surface area (Å²) in [6, 6.07) is 12.1. The summed E-state index contributed by atoms with van der Waals surface area (Å²) in [6.45, 7) is 5.83. The van der Waals surface area contributed by atoms with Gasteiger partial charge in [-0.3, -0.25) is 14.6 Å². The van der Waals surface area contributed by atoms with E-state index < -0.39 is 29.1 Å². The number of piperidine rings is 1. The fraction of sp³-hybridized carbons (Fsp3) is 0.294. The van der Waals surface area contributed by atoms with E-state index in [1.165, 1.54) is 22.9 Å². The van der Waals surface area contributed by atoms with Crippen LogP contribution in [0.25, 0.3) is 21.9 Å². The number of amides is 1. The first-order chi connectivity index (χ1) is 21.2. The number of pyridine rings is 2. The van der Waals surface area contributed by atoms with Crippen LogP contribution in [0.2, 0.25) is 0 Å². The number of carbonyl (C=O) groups is 1. The molecule has 1 aliphatic heterocycles. The molecule has 1 N–H and O–H groups in total. The second-order valence-electron chi connectivity index (χ2n) is 11.3. The maximum Gasteiger partial charge on any atom is 0.263 e. The normalized spacial score (nSPS) is 14.8. The number of rotatable bonds is 5. The molecule has 44 heavy (non-hydrogen) atoms. The largest absolute Gasteiger partial charge is 0.341 e. The molecule has 0 radical (unpaired) electrons.